The van der Waals surface area contributed by atoms with E-state index in [2.05, 4.69) is 25.5 Å². The maximum atomic E-state index is 13.5. The Hall–Kier alpha value is -4.31. The summed E-state index contributed by atoms with van der Waals surface area (Å²) in [6, 6.07) is 12.1. The number of aromatic amines is 1. The number of carbonyl (C=O) groups is 2. The molecule has 2 aliphatic heterocycles. The molecule has 0 radical (unpaired) electrons. The average Bonchev–Trinajstić information content (AvgIpc) is 3.59. The van der Waals surface area contributed by atoms with Crippen LogP contribution in [0.5, 0.6) is 5.75 Å². The lowest BCUT2D eigenvalue weighted by atomic mass is 9.84. The van der Waals surface area contributed by atoms with Gasteiger partial charge in [0.1, 0.15) is 17.0 Å². The molecule has 3 atom stereocenters. The molecular formula is C27H26N6O4. The molecule has 5 heterocycles. The van der Waals surface area contributed by atoms with Gasteiger partial charge in [-0.25, -0.2) is 0 Å². The van der Waals surface area contributed by atoms with Crippen molar-refractivity contribution in [3.05, 3.63) is 72.3 Å². The Balaban J connectivity index is 1.12. The summed E-state index contributed by atoms with van der Waals surface area (Å²) in [7, 11) is 0. The summed E-state index contributed by atoms with van der Waals surface area (Å²) >= 11 is 0. The first kappa shape index (κ1) is 23.1. The van der Waals surface area contributed by atoms with Gasteiger partial charge in [-0.1, -0.05) is 12.1 Å². The first-order valence-electron chi connectivity index (χ1n) is 12.3. The zero-order valence-electron chi connectivity index (χ0n) is 20.0. The number of aromatic hydroxyl groups is 1. The van der Waals surface area contributed by atoms with Gasteiger partial charge in [-0.2, -0.15) is 5.10 Å². The number of likely N-dealkylation sites (tertiary alicyclic amines) is 1. The lowest BCUT2D eigenvalue weighted by Crippen LogP contribution is -2.47. The number of phenolic OH excluding ortho intramolecular Hbond substituents is 1. The molecular weight excluding hydrogens is 472 g/mol. The van der Waals surface area contributed by atoms with Crippen LogP contribution in [0, 0.1) is 11.8 Å². The normalized spacial score (nSPS) is 21.1. The highest BCUT2D eigenvalue weighted by Crippen LogP contribution is 2.35. The van der Waals surface area contributed by atoms with E-state index in [4.69, 9.17) is 4.74 Å². The van der Waals surface area contributed by atoms with Crippen LogP contribution in [-0.4, -0.2) is 74.3 Å². The number of hydrogen-bond donors (Lipinski definition) is 3. The summed E-state index contributed by atoms with van der Waals surface area (Å²) < 4.78 is 6.05. The zero-order valence-corrected chi connectivity index (χ0v) is 20.0. The maximum Gasteiger partial charge on any atom is 0.269 e. The number of rotatable bonds is 5. The fraction of sp³-hybridized carbons (Fsp3) is 0.296. The molecule has 188 valence electrons. The van der Waals surface area contributed by atoms with E-state index in [0.717, 1.165) is 12.0 Å². The Morgan fingerprint density at radius 3 is 2.89 bits per heavy atom. The molecule has 10 heteroatoms. The summed E-state index contributed by atoms with van der Waals surface area (Å²) in [6.45, 7) is 2.15. The number of aromatic nitrogens is 4. The second-order valence-electron chi connectivity index (χ2n) is 9.48. The van der Waals surface area contributed by atoms with Crippen LogP contribution in [0.1, 0.15) is 27.3 Å². The molecule has 0 aliphatic carbocycles. The van der Waals surface area contributed by atoms with E-state index in [-0.39, 0.29) is 29.6 Å². The highest BCUT2D eigenvalue weighted by Gasteiger charge is 2.42. The van der Waals surface area contributed by atoms with E-state index in [9.17, 15) is 14.7 Å². The van der Waals surface area contributed by atoms with Crippen molar-refractivity contribution in [2.75, 3.05) is 26.2 Å². The Morgan fingerprint density at radius 2 is 2.03 bits per heavy atom. The summed E-state index contributed by atoms with van der Waals surface area (Å²) in [5, 5.41) is 20.8. The Bertz CT molecular complexity index is 1460. The second kappa shape index (κ2) is 9.62. The first-order valence-corrected chi connectivity index (χ1v) is 12.3. The monoisotopic (exact) mass is 498 g/mol. The minimum absolute atomic E-state index is 0.0519. The second-order valence-corrected chi connectivity index (χ2v) is 9.48. The standard InChI is InChI=1S/C27H26N6O4/c34-23-3-1-2-18-19(6-10-29-25(18)23)27(36)33-11-7-17-15-37-24(20(17)14-33)13-30-26(35)22-12-21(31-32-22)16-4-8-28-9-5-16/h1-6,8-10,12,17,20,24,34H,7,11,13-15H2,(H,30,35)(H,31,32). The molecule has 3 aromatic heterocycles. The summed E-state index contributed by atoms with van der Waals surface area (Å²) in [4.78, 5) is 36.3. The lowest BCUT2D eigenvalue weighted by Gasteiger charge is -2.36. The third-order valence-electron chi connectivity index (χ3n) is 7.34. The molecule has 10 nitrogen and oxygen atoms in total. The fourth-order valence-electron chi connectivity index (χ4n) is 5.34. The number of pyridine rings is 2. The van der Waals surface area contributed by atoms with Gasteiger partial charge in [0, 0.05) is 55.1 Å². The van der Waals surface area contributed by atoms with Crippen LogP contribution in [0.25, 0.3) is 22.2 Å². The maximum absolute atomic E-state index is 13.5. The average molecular weight is 499 g/mol. The first-order chi connectivity index (χ1) is 18.1. The van der Waals surface area contributed by atoms with Crippen LogP contribution in [0.3, 0.4) is 0 Å². The largest absolute Gasteiger partial charge is 0.506 e. The van der Waals surface area contributed by atoms with Gasteiger partial charge in [-0.3, -0.25) is 24.7 Å². The van der Waals surface area contributed by atoms with E-state index in [0.29, 0.717) is 60.0 Å². The van der Waals surface area contributed by atoms with Crippen molar-refractivity contribution in [3.8, 4) is 17.0 Å². The van der Waals surface area contributed by atoms with Crippen LogP contribution in [0.4, 0.5) is 0 Å². The molecule has 6 rings (SSSR count). The SMILES string of the molecule is O=C(NCC1OCC2CCN(C(=O)c3ccnc4c(O)cccc34)CC21)c1cc(-c2ccncc2)n[nH]1. The van der Waals surface area contributed by atoms with Crippen molar-refractivity contribution in [2.24, 2.45) is 11.8 Å². The molecule has 3 unspecified atom stereocenters. The van der Waals surface area contributed by atoms with Crippen LogP contribution in [-0.2, 0) is 4.74 Å². The Kier molecular flexibility index (Phi) is 6.01. The highest BCUT2D eigenvalue weighted by molar-refractivity contribution is 6.07. The minimum Gasteiger partial charge on any atom is -0.506 e. The van der Waals surface area contributed by atoms with E-state index in [1.165, 1.54) is 0 Å². The smallest absolute Gasteiger partial charge is 0.269 e. The minimum atomic E-state index is -0.258. The number of para-hydroxylation sites is 1. The Morgan fingerprint density at radius 1 is 1.16 bits per heavy atom. The van der Waals surface area contributed by atoms with Gasteiger partial charge in [0.15, 0.2) is 0 Å². The molecule has 4 aromatic rings. The third kappa shape index (κ3) is 4.40. The number of carbonyl (C=O) groups excluding carboxylic acids is 2. The van der Waals surface area contributed by atoms with Gasteiger partial charge >= 0.3 is 0 Å². The number of fused-ring (bicyclic) bond motifs is 2. The quantitative estimate of drug-likeness (QED) is 0.385. The van der Waals surface area contributed by atoms with E-state index in [1.54, 1.807) is 48.9 Å². The highest BCUT2D eigenvalue weighted by atomic mass is 16.5. The van der Waals surface area contributed by atoms with Crippen molar-refractivity contribution in [3.63, 3.8) is 0 Å². The van der Waals surface area contributed by atoms with Crippen LogP contribution in [0.2, 0.25) is 0 Å². The van der Waals surface area contributed by atoms with Crippen LogP contribution >= 0.6 is 0 Å². The Labute approximate surface area is 212 Å². The molecule has 2 saturated heterocycles. The zero-order chi connectivity index (χ0) is 25.4. The molecule has 0 saturated carbocycles. The van der Waals surface area contributed by atoms with Gasteiger partial charge in [0.05, 0.1) is 24.0 Å². The van der Waals surface area contributed by atoms with Gasteiger partial charge < -0.3 is 20.1 Å². The number of nitrogens with zero attached hydrogens (tertiary/aromatic N) is 4. The number of nitrogens with one attached hydrogen (secondary N) is 2. The van der Waals surface area contributed by atoms with Crippen LogP contribution < -0.4 is 5.32 Å². The number of amides is 2. The third-order valence-corrected chi connectivity index (χ3v) is 7.34. The molecule has 0 spiro atoms. The number of hydrogen-bond acceptors (Lipinski definition) is 7. The van der Waals surface area contributed by atoms with Gasteiger partial charge in [0.25, 0.3) is 11.8 Å². The lowest BCUT2D eigenvalue weighted by molar-refractivity contribution is 0.0541. The van der Waals surface area contributed by atoms with Gasteiger partial charge in [0.2, 0.25) is 0 Å². The predicted octanol–water partition coefficient (Wildman–Crippen LogP) is 2.63. The fourth-order valence-corrected chi connectivity index (χ4v) is 5.34. The van der Waals surface area contributed by atoms with Crippen molar-refractivity contribution < 1.29 is 19.4 Å². The molecule has 2 fully saturated rings. The van der Waals surface area contributed by atoms with Crippen molar-refractivity contribution in [1.82, 2.24) is 30.4 Å². The van der Waals surface area contributed by atoms with E-state index < -0.39 is 0 Å². The van der Waals surface area contributed by atoms with Gasteiger partial charge in [-0.15, -0.1) is 0 Å². The predicted molar refractivity (Wildman–Crippen MR) is 135 cm³/mol. The topological polar surface area (TPSA) is 133 Å². The molecule has 2 aliphatic rings. The number of piperidine rings is 1. The molecule has 1 aromatic carbocycles. The summed E-state index contributed by atoms with van der Waals surface area (Å²) in [5.41, 5.74) is 2.85. The van der Waals surface area contributed by atoms with Crippen LogP contribution in [0.15, 0.2) is 61.1 Å². The summed E-state index contributed by atoms with van der Waals surface area (Å²) in [5.74, 6) is 0.165. The van der Waals surface area contributed by atoms with E-state index in [1.807, 2.05) is 17.0 Å². The van der Waals surface area contributed by atoms with Gasteiger partial charge in [-0.05, 0) is 42.7 Å². The van der Waals surface area contributed by atoms with Crippen molar-refractivity contribution >= 4 is 22.7 Å². The number of phenols is 1. The molecule has 0 bridgehead atoms. The van der Waals surface area contributed by atoms with E-state index >= 15 is 0 Å². The van der Waals surface area contributed by atoms with Crippen molar-refractivity contribution in [2.45, 2.75) is 12.5 Å². The van der Waals surface area contributed by atoms with Crippen molar-refractivity contribution in [1.29, 1.82) is 0 Å². The number of H-pyrrole nitrogens is 1. The molecule has 37 heavy (non-hydrogen) atoms. The summed E-state index contributed by atoms with van der Waals surface area (Å²) in [6.07, 6.45) is 5.55. The molecule has 3 N–H and O–H groups in total. The number of ether oxygens (including phenoxy) is 1. The number of benzene rings is 1. The molecule has 2 amide bonds.